The molecule has 1 N–H and O–H groups in total. The van der Waals surface area contributed by atoms with Crippen molar-refractivity contribution in [3.05, 3.63) is 29.8 Å². The molecule has 1 nitrogen and oxygen atoms in total. The van der Waals surface area contributed by atoms with Crippen molar-refractivity contribution in [2.75, 3.05) is 11.9 Å². The number of hydrogen-bond acceptors (Lipinski definition) is 1. The lowest BCUT2D eigenvalue weighted by atomic mass is 10.1. The molecule has 0 aromatic heterocycles. The fourth-order valence-corrected chi connectivity index (χ4v) is 1.24. The molecule has 10 heavy (non-hydrogen) atoms. The lowest BCUT2D eigenvalue weighted by Gasteiger charge is -1.96. The third-order valence-corrected chi connectivity index (χ3v) is 1.77. The Hall–Kier alpha value is -1.05. The highest BCUT2D eigenvalue weighted by Gasteiger charge is 2.19. The van der Waals surface area contributed by atoms with E-state index in [1.165, 1.54) is 0 Å². The van der Waals surface area contributed by atoms with Gasteiger partial charge in [-0.25, -0.2) is 4.39 Å². The molecule has 2 rings (SSSR count). The molecule has 1 aliphatic rings. The van der Waals surface area contributed by atoms with Gasteiger partial charge in [-0.3, -0.25) is 0 Å². The topological polar surface area (TPSA) is 12.0 Å². The highest BCUT2D eigenvalue weighted by molar-refractivity contribution is 5.56. The van der Waals surface area contributed by atoms with E-state index in [0.717, 1.165) is 11.3 Å². The molecule has 0 radical (unpaired) electrons. The van der Waals surface area contributed by atoms with Crippen LogP contribution in [0.2, 0.25) is 0 Å². The molecule has 0 saturated heterocycles. The van der Waals surface area contributed by atoms with Crippen molar-refractivity contribution in [3.63, 3.8) is 0 Å². The van der Waals surface area contributed by atoms with Crippen LogP contribution in [0.4, 0.5) is 10.1 Å². The molecular formula is C8H8FN. The van der Waals surface area contributed by atoms with Gasteiger partial charge in [0.2, 0.25) is 0 Å². The Kier molecular flexibility index (Phi) is 1.13. The van der Waals surface area contributed by atoms with Crippen molar-refractivity contribution in [2.45, 2.75) is 6.17 Å². The van der Waals surface area contributed by atoms with Gasteiger partial charge in [0.05, 0.1) is 6.54 Å². The maximum absolute atomic E-state index is 12.9. The molecule has 1 aliphatic heterocycles. The Balaban J connectivity index is 2.51. The maximum Gasteiger partial charge on any atom is 0.144 e. The summed E-state index contributed by atoms with van der Waals surface area (Å²) in [5.74, 6) is 0. The summed E-state index contributed by atoms with van der Waals surface area (Å²) in [5, 5.41) is 2.97. The van der Waals surface area contributed by atoms with Gasteiger partial charge in [0.1, 0.15) is 6.17 Å². The van der Waals surface area contributed by atoms with Crippen molar-refractivity contribution < 1.29 is 4.39 Å². The molecule has 0 bridgehead atoms. The van der Waals surface area contributed by atoms with E-state index in [2.05, 4.69) is 5.32 Å². The van der Waals surface area contributed by atoms with Crippen LogP contribution in [0.3, 0.4) is 0 Å². The summed E-state index contributed by atoms with van der Waals surface area (Å²) in [6, 6.07) is 7.48. The van der Waals surface area contributed by atoms with E-state index in [-0.39, 0.29) is 0 Å². The van der Waals surface area contributed by atoms with Crippen molar-refractivity contribution >= 4 is 5.69 Å². The van der Waals surface area contributed by atoms with Gasteiger partial charge >= 0.3 is 0 Å². The van der Waals surface area contributed by atoms with E-state index in [9.17, 15) is 4.39 Å². The Morgan fingerprint density at radius 2 is 2.20 bits per heavy atom. The van der Waals surface area contributed by atoms with E-state index in [0.29, 0.717) is 6.54 Å². The van der Waals surface area contributed by atoms with E-state index >= 15 is 0 Å². The third-order valence-electron chi connectivity index (χ3n) is 1.77. The van der Waals surface area contributed by atoms with Gasteiger partial charge in [-0.1, -0.05) is 18.2 Å². The quantitative estimate of drug-likeness (QED) is 0.577. The van der Waals surface area contributed by atoms with Crippen LogP contribution in [0.1, 0.15) is 11.7 Å². The average molecular weight is 137 g/mol. The van der Waals surface area contributed by atoms with Gasteiger partial charge in [-0.15, -0.1) is 0 Å². The zero-order chi connectivity index (χ0) is 6.97. The largest absolute Gasteiger partial charge is 0.381 e. The highest BCUT2D eigenvalue weighted by atomic mass is 19.1. The first-order chi connectivity index (χ1) is 4.88. The van der Waals surface area contributed by atoms with Crippen LogP contribution in [-0.4, -0.2) is 6.54 Å². The molecule has 0 saturated carbocycles. The van der Waals surface area contributed by atoms with E-state index in [1.807, 2.05) is 24.3 Å². The number of rotatable bonds is 0. The molecule has 0 aliphatic carbocycles. The first kappa shape index (κ1) is 5.71. The number of benzene rings is 1. The van der Waals surface area contributed by atoms with Gasteiger partial charge in [0.15, 0.2) is 0 Å². The molecular weight excluding hydrogens is 129 g/mol. The van der Waals surface area contributed by atoms with Gasteiger partial charge in [-0.05, 0) is 6.07 Å². The summed E-state index contributed by atoms with van der Waals surface area (Å²) in [6.45, 7) is 0.430. The second kappa shape index (κ2) is 1.97. The number of anilines is 1. The number of alkyl halides is 1. The van der Waals surface area contributed by atoms with Gasteiger partial charge in [-0.2, -0.15) is 0 Å². The molecule has 1 atom stereocenters. The molecule has 0 amide bonds. The predicted molar refractivity (Wildman–Crippen MR) is 38.8 cm³/mol. The smallest absolute Gasteiger partial charge is 0.144 e. The minimum atomic E-state index is -0.809. The lowest BCUT2D eigenvalue weighted by molar-refractivity contribution is 0.373. The number of halogens is 1. The monoisotopic (exact) mass is 137 g/mol. The van der Waals surface area contributed by atoms with E-state index in [1.54, 1.807) is 0 Å². The van der Waals surface area contributed by atoms with Crippen molar-refractivity contribution in [1.29, 1.82) is 0 Å². The van der Waals surface area contributed by atoms with Crippen LogP contribution in [0, 0.1) is 0 Å². The Morgan fingerprint density at radius 3 is 3.00 bits per heavy atom. The summed E-state index contributed by atoms with van der Waals surface area (Å²) in [7, 11) is 0. The first-order valence-corrected chi connectivity index (χ1v) is 3.35. The Morgan fingerprint density at radius 1 is 1.40 bits per heavy atom. The van der Waals surface area contributed by atoms with E-state index < -0.39 is 6.17 Å². The summed E-state index contributed by atoms with van der Waals surface area (Å²) >= 11 is 0. The third kappa shape index (κ3) is 0.685. The van der Waals surface area contributed by atoms with Crippen molar-refractivity contribution in [1.82, 2.24) is 0 Å². The van der Waals surface area contributed by atoms with Crippen LogP contribution in [0.15, 0.2) is 24.3 Å². The molecule has 0 fully saturated rings. The summed E-state index contributed by atoms with van der Waals surface area (Å²) in [4.78, 5) is 0. The number of nitrogens with one attached hydrogen (secondary N) is 1. The average Bonchev–Trinajstić information content (AvgIpc) is 2.34. The minimum Gasteiger partial charge on any atom is -0.381 e. The predicted octanol–water partition coefficient (Wildman–Crippen LogP) is 2.12. The van der Waals surface area contributed by atoms with Gasteiger partial charge < -0.3 is 5.32 Å². The van der Waals surface area contributed by atoms with Gasteiger partial charge in [0, 0.05) is 11.3 Å². The molecule has 1 unspecified atom stereocenters. The second-order valence-corrected chi connectivity index (χ2v) is 2.44. The molecule has 2 heteroatoms. The van der Waals surface area contributed by atoms with Crippen LogP contribution in [0.25, 0.3) is 0 Å². The van der Waals surface area contributed by atoms with Crippen LogP contribution < -0.4 is 5.32 Å². The minimum absolute atomic E-state index is 0.430. The molecule has 1 aromatic rings. The van der Waals surface area contributed by atoms with Crippen molar-refractivity contribution in [2.24, 2.45) is 0 Å². The number of hydrogen-bond donors (Lipinski definition) is 1. The molecule has 1 heterocycles. The second-order valence-electron chi connectivity index (χ2n) is 2.44. The van der Waals surface area contributed by atoms with Crippen LogP contribution in [-0.2, 0) is 0 Å². The molecule has 52 valence electrons. The van der Waals surface area contributed by atoms with Crippen LogP contribution in [0.5, 0.6) is 0 Å². The number of fused-ring (bicyclic) bond motifs is 1. The van der Waals surface area contributed by atoms with E-state index in [4.69, 9.17) is 0 Å². The summed E-state index contributed by atoms with van der Waals surface area (Å²) < 4.78 is 12.9. The normalized spacial score (nSPS) is 21.9. The molecule has 0 spiro atoms. The number of para-hydroxylation sites is 1. The highest BCUT2D eigenvalue weighted by Crippen LogP contribution is 2.31. The maximum atomic E-state index is 12.9. The Labute approximate surface area is 58.9 Å². The summed E-state index contributed by atoms with van der Waals surface area (Å²) in [6.07, 6.45) is -0.809. The summed E-state index contributed by atoms with van der Waals surface area (Å²) in [5.41, 5.74) is 1.73. The Bertz CT molecular complexity index is 247. The molecule has 1 aromatic carbocycles. The SMILES string of the molecule is FC1CNc2ccccc21. The zero-order valence-corrected chi connectivity index (χ0v) is 5.47. The zero-order valence-electron chi connectivity index (χ0n) is 5.47. The van der Waals surface area contributed by atoms with Gasteiger partial charge in [0.25, 0.3) is 0 Å². The van der Waals surface area contributed by atoms with Crippen LogP contribution >= 0.6 is 0 Å². The first-order valence-electron chi connectivity index (χ1n) is 3.35. The fraction of sp³-hybridized carbons (Fsp3) is 0.250. The lowest BCUT2D eigenvalue weighted by Crippen LogP contribution is -1.94. The fourth-order valence-electron chi connectivity index (χ4n) is 1.24. The van der Waals surface area contributed by atoms with Crippen molar-refractivity contribution in [3.8, 4) is 0 Å². The standard InChI is InChI=1S/C8H8FN/c9-7-5-10-8-4-2-1-3-6(7)8/h1-4,7,10H,5H2.